The highest BCUT2D eigenvalue weighted by Gasteiger charge is 2.27. The molecule has 0 aliphatic heterocycles. The monoisotopic (exact) mass is 242 g/mol. The lowest BCUT2D eigenvalue weighted by molar-refractivity contribution is 0.0216. The Balaban J connectivity index is 2.26. The standard InChI is InChI=1S/C16H18O2/c1-13-8-10-15(11-9-13)18-16(2,12-17)14-6-4-3-5-7-14/h3-11,17H,12H2,1-2H3/t16-/m1/s1. The van der Waals surface area contributed by atoms with Gasteiger partial charge >= 0.3 is 0 Å². The molecule has 1 atom stereocenters. The molecule has 2 aromatic rings. The molecule has 0 aromatic heterocycles. The van der Waals surface area contributed by atoms with Crippen LogP contribution in [0.3, 0.4) is 0 Å². The van der Waals surface area contributed by atoms with E-state index in [1.807, 2.05) is 68.4 Å². The van der Waals surface area contributed by atoms with Gasteiger partial charge in [0, 0.05) is 0 Å². The van der Waals surface area contributed by atoms with Crippen LogP contribution < -0.4 is 4.74 Å². The molecule has 1 N–H and O–H groups in total. The summed E-state index contributed by atoms with van der Waals surface area (Å²) in [6.07, 6.45) is 0. The molecule has 2 aromatic carbocycles. The minimum absolute atomic E-state index is 0.0646. The van der Waals surface area contributed by atoms with E-state index >= 15 is 0 Å². The zero-order valence-corrected chi connectivity index (χ0v) is 10.8. The van der Waals surface area contributed by atoms with Crippen molar-refractivity contribution in [1.82, 2.24) is 0 Å². The van der Waals surface area contributed by atoms with Gasteiger partial charge in [0.05, 0.1) is 6.61 Å². The highest BCUT2D eigenvalue weighted by atomic mass is 16.5. The highest BCUT2D eigenvalue weighted by molar-refractivity contribution is 5.29. The number of aryl methyl sites for hydroxylation is 1. The van der Waals surface area contributed by atoms with Crippen LogP contribution in [0.1, 0.15) is 18.1 Å². The first-order valence-electron chi connectivity index (χ1n) is 6.06. The van der Waals surface area contributed by atoms with Crippen molar-refractivity contribution in [3.05, 3.63) is 65.7 Å². The van der Waals surface area contributed by atoms with Gasteiger partial charge in [-0.3, -0.25) is 0 Å². The van der Waals surface area contributed by atoms with E-state index in [1.54, 1.807) is 0 Å². The van der Waals surface area contributed by atoms with Crippen LogP contribution >= 0.6 is 0 Å². The molecule has 2 nitrogen and oxygen atoms in total. The lowest BCUT2D eigenvalue weighted by atomic mass is 9.96. The van der Waals surface area contributed by atoms with Crippen LogP contribution in [0, 0.1) is 6.92 Å². The zero-order chi connectivity index (χ0) is 13.0. The Kier molecular flexibility index (Phi) is 3.68. The maximum atomic E-state index is 9.63. The molecule has 0 aliphatic carbocycles. The summed E-state index contributed by atoms with van der Waals surface area (Å²) < 4.78 is 5.94. The predicted octanol–water partition coefficient (Wildman–Crippen LogP) is 3.28. The number of aliphatic hydroxyl groups is 1. The van der Waals surface area contributed by atoms with E-state index in [2.05, 4.69) is 0 Å². The van der Waals surface area contributed by atoms with E-state index in [4.69, 9.17) is 4.74 Å². The maximum absolute atomic E-state index is 9.63. The molecule has 0 saturated carbocycles. The third-order valence-electron chi connectivity index (χ3n) is 3.05. The van der Waals surface area contributed by atoms with Gasteiger partial charge in [-0.1, -0.05) is 48.0 Å². The molecule has 0 saturated heterocycles. The van der Waals surface area contributed by atoms with Gasteiger partial charge in [-0.15, -0.1) is 0 Å². The van der Waals surface area contributed by atoms with Gasteiger partial charge in [0.1, 0.15) is 5.75 Å². The number of hydrogen-bond acceptors (Lipinski definition) is 2. The summed E-state index contributed by atoms with van der Waals surface area (Å²) in [5.41, 5.74) is 1.44. The van der Waals surface area contributed by atoms with Crippen LogP contribution in [0.4, 0.5) is 0 Å². The minimum atomic E-state index is -0.712. The van der Waals surface area contributed by atoms with E-state index in [0.29, 0.717) is 0 Å². The average molecular weight is 242 g/mol. The lowest BCUT2D eigenvalue weighted by Crippen LogP contribution is -2.33. The topological polar surface area (TPSA) is 29.5 Å². The van der Waals surface area contributed by atoms with Gasteiger partial charge in [-0.2, -0.15) is 0 Å². The summed E-state index contributed by atoms with van der Waals surface area (Å²) in [7, 11) is 0. The quantitative estimate of drug-likeness (QED) is 0.891. The van der Waals surface area contributed by atoms with Gasteiger partial charge in [0.25, 0.3) is 0 Å². The third kappa shape index (κ3) is 2.71. The van der Waals surface area contributed by atoms with Crippen molar-refractivity contribution in [2.45, 2.75) is 19.4 Å². The first-order valence-corrected chi connectivity index (χ1v) is 6.06. The first-order chi connectivity index (χ1) is 8.64. The fourth-order valence-corrected chi connectivity index (χ4v) is 1.84. The molecule has 94 valence electrons. The van der Waals surface area contributed by atoms with Gasteiger partial charge in [0.2, 0.25) is 0 Å². The summed E-state index contributed by atoms with van der Waals surface area (Å²) >= 11 is 0. The number of hydrogen-bond donors (Lipinski definition) is 1. The Labute approximate surface area is 108 Å². The summed E-state index contributed by atoms with van der Waals surface area (Å²) in [6, 6.07) is 17.6. The van der Waals surface area contributed by atoms with Crippen LogP contribution in [-0.4, -0.2) is 11.7 Å². The molecule has 0 amide bonds. The second-order valence-electron chi connectivity index (χ2n) is 4.67. The van der Waals surface area contributed by atoms with Crippen LogP contribution in [0.2, 0.25) is 0 Å². The number of aliphatic hydroxyl groups excluding tert-OH is 1. The number of benzene rings is 2. The maximum Gasteiger partial charge on any atom is 0.154 e. The molecule has 0 bridgehead atoms. The largest absolute Gasteiger partial charge is 0.480 e. The van der Waals surface area contributed by atoms with Crippen molar-refractivity contribution < 1.29 is 9.84 Å². The molecule has 18 heavy (non-hydrogen) atoms. The van der Waals surface area contributed by atoms with Crippen LogP contribution in [-0.2, 0) is 5.60 Å². The van der Waals surface area contributed by atoms with Crippen molar-refractivity contribution in [2.24, 2.45) is 0 Å². The van der Waals surface area contributed by atoms with E-state index < -0.39 is 5.60 Å². The molecular weight excluding hydrogens is 224 g/mol. The SMILES string of the molecule is Cc1ccc(O[C@](C)(CO)c2ccccc2)cc1. The number of ether oxygens (including phenoxy) is 1. The van der Waals surface area contributed by atoms with E-state index in [9.17, 15) is 5.11 Å². The minimum Gasteiger partial charge on any atom is -0.480 e. The van der Waals surface area contributed by atoms with Crippen molar-refractivity contribution in [1.29, 1.82) is 0 Å². The Morgan fingerprint density at radius 3 is 2.17 bits per heavy atom. The highest BCUT2D eigenvalue weighted by Crippen LogP contribution is 2.27. The van der Waals surface area contributed by atoms with E-state index in [0.717, 1.165) is 11.3 Å². The van der Waals surface area contributed by atoms with Crippen molar-refractivity contribution in [2.75, 3.05) is 6.61 Å². The normalized spacial score (nSPS) is 13.9. The van der Waals surface area contributed by atoms with Crippen molar-refractivity contribution >= 4 is 0 Å². The summed E-state index contributed by atoms with van der Waals surface area (Å²) in [4.78, 5) is 0. The van der Waals surface area contributed by atoms with Crippen LogP contribution in [0.25, 0.3) is 0 Å². The Bertz CT molecular complexity index is 490. The smallest absolute Gasteiger partial charge is 0.154 e. The molecule has 0 heterocycles. The fraction of sp³-hybridized carbons (Fsp3) is 0.250. The zero-order valence-electron chi connectivity index (χ0n) is 10.8. The van der Waals surface area contributed by atoms with E-state index in [1.165, 1.54) is 5.56 Å². The Morgan fingerprint density at radius 2 is 1.61 bits per heavy atom. The summed E-state index contributed by atoms with van der Waals surface area (Å²) in [5, 5.41) is 9.63. The van der Waals surface area contributed by atoms with E-state index in [-0.39, 0.29) is 6.61 Å². The fourth-order valence-electron chi connectivity index (χ4n) is 1.84. The summed E-state index contributed by atoms with van der Waals surface area (Å²) in [6.45, 7) is 3.86. The molecular formula is C16H18O2. The Hall–Kier alpha value is -1.80. The third-order valence-corrected chi connectivity index (χ3v) is 3.05. The molecule has 0 aliphatic rings. The molecule has 0 unspecified atom stereocenters. The second-order valence-corrected chi connectivity index (χ2v) is 4.67. The first kappa shape index (κ1) is 12.7. The van der Waals surface area contributed by atoms with Crippen molar-refractivity contribution in [3.63, 3.8) is 0 Å². The van der Waals surface area contributed by atoms with Gasteiger partial charge < -0.3 is 9.84 Å². The Morgan fingerprint density at radius 1 is 1.00 bits per heavy atom. The lowest BCUT2D eigenvalue weighted by Gasteiger charge is -2.29. The molecule has 2 rings (SSSR count). The summed E-state index contributed by atoms with van der Waals surface area (Å²) in [5.74, 6) is 0.765. The van der Waals surface area contributed by atoms with Gasteiger partial charge in [0.15, 0.2) is 5.60 Å². The molecule has 2 heteroatoms. The van der Waals surface area contributed by atoms with Crippen LogP contribution in [0.5, 0.6) is 5.75 Å². The number of rotatable bonds is 4. The van der Waals surface area contributed by atoms with Gasteiger partial charge in [-0.05, 0) is 31.5 Å². The molecule has 0 radical (unpaired) electrons. The van der Waals surface area contributed by atoms with Gasteiger partial charge in [-0.25, -0.2) is 0 Å². The molecule has 0 fully saturated rings. The average Bonchev–Trinajstić information content (AvgIpc) is 2.42. The molecule has 0 spiro atoms. The van der Waals surface area contributed by atoms with Crippen LogP contribution in [0.15, 0.2) is 54.6 Å². The predicted molar refractivity (Wildman–Crippen MR) is 72.7 cm³/mol. The second kappa shape index (κ2) is 5.23. The van der Waals surface area contributed by atoms with Crippen molar-refractivity contribution in [3.8, 4) is 5.75 Å².